The quantitative estimate of drug-likeness (QED) is 0.757. The topological polar surface area (TPSA) is 84.3 Å². The number of H-pyrrole nitrogens is 1. The third-order valence-corrected chi connectivity index (χ3v) is 2.27. The van der Waals surface area contributed by atoms with E-state index in [-0.39, 0.29) is 5.91 Å². The molecule has 2 aromatic rings. The Hall–Kier alpha value is -2.08. The fourth-order valence-electron chi connectivity index (χ4n) is 1.46. The van der Waals surface area contributed by atoms with E-state index in [4.69, 9.17) is 9.15 Å². The Balaban J connectivity index is 2.17. The van der Waals surface area contributed by atoms with Crippen LogP contribution in [0.25, 0.3) is 11.1 Å². The summed E-state index contributed by atoms with van der Waals surface area (Å²) in [5, 5.41) is 2.68. The van der Waals surface area contributed by atoms with Crippen LogP contribution in [0.5, 0.6) is 0 Å². The molecule has 0 fully saturated rings. The van der Waals surface area contributed by atoms with Crippen LogP contribution in [0.4, 0.5) is 0 Å². The van der Waals surface area contributed by atoms with Crippen LogP contribution in [0.2, 0.25) is 0 Å². The van der Waals surface area contributed by atoms with Crippen molar-refractivity contribution in [2.24, 2.45) is 0 Å². The van der Waals surface area contributed by atoms with Crippen LogP contribution in [-0.4, -0.2) is 31.2 Å². The zero-order valence-electron chi connectivity index (χ0n) is 9.28. The lowest BCUT2D eigenvalue weighted by molar-refractivity contribution is 0.0937. The van der Waals surface area contributed by atoms with Gasteiger partial charge in [-0.05, 0) is 18.2 Å². The monoisotopic (exact) mass is 236 g/mol. The zero-order chi connectivity index (χ0) is 12.3. The molecule has 0 bridgehead atoms. The van der Waals surface area contributed by atoms with Crippen LogP contribution in [-0.2, 0) is 4.74 Å². The summed E-state index contributed by atoms with van der Waals surface area (Å²) in [6.45, 7) is 0.887. The van der Waals surface area contributed by atoms with Crippen LogP contribution >= 0.6 is 0 Å². The van der Waals surface area contributed by atoms with Crippen LogP contribution in [0.3, 0.4) is 0 Å². The van der Waals surface area contributed by atoms with Crippen molar-refractivity contribution >= 4 is 17.0 Å². The number of fused-ring (bicyclic) bond motifs is 1. The molecule has 2 N–H and O–H groups in total. The predicted octanol–water partition coefficient (Wildman–Crippen LogP) is 0.497. The third-order valence-electron chi connectivity index (χ3n) is 2.27. The summed E-state index contributed by atoms with van der Waals surface area (Å²) in [5.74, 6) is -0.759. The SMILES string of the molecule is COCCNC(=O)c1ccc2[nH]c(=O)oc2c1. The van der Waals surface area contributed by atoms with E-state index in [0.717, 1.165) is 0 Å². The molecule has 6 nitrogen and oxygen atoms in total. The first kappa shape index (κ1) is 11.4. The lowest BCUT2D eigenvalue weighted by Crippen LogP contribution is -2.26. The molecule has 1 amide bonds. The summed E-state index contributed by atoms with van der Waals surface area (Å²) in [5.41, 5.74) is 1.38. The number of aromatic nitrogens is 1. The van der Waals surface area contributed by atoms with Gasteiger partial charge in [-0.1, -0.05) is 0 Å². The Morgan fingerprint density at radius 1 is 1.53 bits per heavy atom. The number of methoxy groups -OCH3 is 1. The number of hydrogen-bond donors (Lipinski definition) is 2. The van der Waals surface area contributed by atoms with Gasteiger partial charge in [0.2, 0.25) is 0 Å². The maximum absolute atomic E-state index is 11.7. The first-order valence-electron chi connectivity index (χ1n) is 5.11. The van der Waals surface area contributed by atoms with Gasteiger partial charge >= 0.3 is 5.76 Å². The number of amides is 1. The minimum atomic E-state index is -0.531. The van der Waals surface area contributed by atoms with Gasteiger partial charge in [-0.25, -0.2) is 4.79 Å². The van der Waals surface area contributed by atoms with Crippen molar-refractivity contribution in [3.8, 4) is 0 Å². The largest absolute Gasteiger partial charge is 0.417 e. The van der Waals surface area contributed by atoms with Crippen molar-refractivity contribution in [3.05, 3.63) is 34.3 Å². The number of aromatic amines is 1. The Bertz CT molecular complexity index is 584. The smallest absolute Gasteiger partial charge is 0.408 e. The molecule has 0 spiro atoms. The van der Waals surface area contributed by atoms with Crippen molar-refractivity contribution in [1.82, 2.24) is 10.3 Å². The molecule has 0 aliphatic rings. The summed E-state index contributed by atoms with van der Waals surface area (Å²) in [4.78, 5) is 25.1. The van der Waals surface area contributed by atoms with Gasteiger partial charge in [-0.3, -0.25) is 9.78 Å². The lowest BCUT2D eigenvalue weighted by atomic mass is 10.2. The Morgan fingerprint density at radius 3 is 3.12 bits per heavy atom. The van der Waals surface area contributed by atoms with Gasteiger partial charge in [-0.15, -0.1) is 0 Å². The van der Waals surface area contributed by atoms with Crippen LogP contribution in [0.1, 0.15) is 10.4 Å². The molecule has 1 aromatic heterocycles. The number of hydrogen-bond acceptors (Lipinski definition) is 4. The molecule has 0 radical (unpaired) electrons. The summed E-state index contributed by atoms with van der Waals surface area (Å²) in [6.07, 6.45) is 0. The number of carbonyl (C=O) groups excluding carboxylic acids is 1. The maximum atomic E-state index is 11.7. The van der Waals surface area contributed by atoms with Crippen molar-refractivity contribution in [3.63, 3.8) is 0 Å². The average Bonchev–Trinajstić information content (AvgIpc) is 2.68. The predicted molar refractivity (Wildman–Crippen MR) is 61.0 cm³/mol. The Morgan fingerprint density at radius 2 is 2.35 bits per heavy atom. The van der Waals surface area contributed by atoms with Crippen molar-refractivity contribution < 1.29 is 13.9 Å². The molecule has 0 aliphatic heterocycles. The van der Waals surface area contributed by atoms with Crippen molar-refractivity contribution in [1.29, 1.82) is 0 Å². The molecular weight excluding hydrogens is 224 g/mol. The molecule has 0 saturated heterocycles. The Labute approximate surface area is 96.6 Å². The highest BCUT2D eigenvalue weighted by Crippen LogP contribution is 2.12. The lowest BCUT2D eigenvalue weighted by Gasteiger charge is -2.03. The van der Waals surface area contributed by atoms with Gasteiger partial charge in [0.25, 0.3) is 5.91 Å². The summed E-state index contributed by atoms with van der Waals surface area (Å²) in [7, 11) is 1.56. The fraction of sp³-hybridized carbons (Fsp3) is 0.273. The first-order valence-corrected chi connectivity index (χ1v) is 5.11. The molecule has 0 atom stereocenters. The van der Waals surface area contributed by atoms with E-state index < -0.39 is 5.76 Å². The van der Waals surface area contributed by atoms with Gasteiger partial charge in [0.05, 0.1) is 12.1 Å². The van der Waals surface area contributed by atoms with Gasteiger partial charge < -0.3 is 14.5 Å². The number of oxazole rings is 1. The number of carbonyl (C=O) groups is 1. The van der Waals surface area contributed by atoms with Gasteiger partial charge in [0.15, 0.2) is 5.58 Å². The minimum absolute atomic E-state index is 0.229. The van der Waals surface area contributed by atoms with Crippen LogP contribution in [0, 0.1) is 0 Å². The molecule has 90 valence electrons. The second-order valence-electron chi connectivity index (χ2n) is 3.47. The third kappa shape index (κ3) is 2.54. The molecular formula is C11H12N2O4. The highest BCUT2D eigenvalue weighted by atomic mass is 16.5. The number of nitrogens with one attached hydrogen (secondary N) is 2. The van der Waals surface area contributed by atoms with E-state index >= 15 is 0 Å². The van der Waals surface area contributed by atoms with E-state index in [9.17, 15) is 9.59 Å². The first-order chi connectivity index (χ1) is 8.20. The minimum Gasteiger partial charge on any atom is -0.408 e. The van der Waals surface area contributed by atoms with Gasteiger partial charge in [-0.2, -0.15) is 0 Å². The summed E-state index contributed by atoms with van der Waals surface area (Å²) in [6, 6.07) is 4.77. The molecule has 0 saturated carbocycles. The average molecular weight is 236 g/mol. The molecule has 17 heavy (non-hydrogen) atoms. The maximum Gasteiger partial charge on any atom is 0.417 e. The zero-order valence-corrected chi connectivity index (χ0v) is 9.28. The normalized spacial score (nSPS) is 10.6. The second-order valence-corrected chi connectivity index (χ2v) is 3.47. The standard InChI is InChI=1S/C11H12N2O4/c1-16-5-4-12-10(14)7-2-3-8-9(6-7)17-11(15)13-8/h2-3,6H,4-5H2,1H3,(H,12,14)(H,13,15). The Kier molecular flexibility index (Phi) is 3.24. The second kappa shape index (κ2) is 4.84. The molecule has 2 rings (SSSR count). The highest BCUT2D eigenvalue weighted by Gasteiger charge is 2.08. The van der Waals surface area contributed by atoms with Crippen molar-refractivity contribution in [2.75, 3.05) is 20.3 Å². The molecule has 1 aromatic carbocycles. The van der Waals surface area contributed by atoms with Crippen LogP contribution in [0.15, 0.2) is 27.4 Å². The van der Waals surface area contributed by atoms with E-state index in [1.807, 2.05) is 0 Å². The van der Waals surface area contributed by atoms with Gasteiger partial charge in [0.1, 0.15) is 0 Å². The summed E-state index contributed by atoms with van der Waals surface area (Å²) < 4.78 is 9.69. The van der Waals surface area contributed by atoms with E-state index in [0.29, 0.717) is 29.8 Å². The van der Waals surface area contributed by atoms with E-state index in [1.54, 1.807) is 19.2 Å². The van der Waals surface area contributed by atoms with E-state index in [2.05, 4.69) is 10.3 Å². The highest BCUT2D eigenvalue weighted by molar-refractivity contribution is 5.96. The summed E-state index contributed by atoms with van der Waals surface area (Å²) >= 11 is 0. The van der Waals surface area contributed by atoms with E-state index in [1.165, 1.54) is 6.07 Å². The van der Waals surface area contributed by atoms with Crippen molar-refractivity contribution in [2.45, 2.75) is 0 Å². The van der Waals surface area contributed by atoms with Crippen LogP contribution < -0.4 is 11.1 Å². The molecule has 0 aliphatic carbocycles. The molecule has 6 heteroatoms. The molecule has 1 heterocycles. The fourth-order valence-corrected chi connectivity index (χ4v) is 1.46. The number of ether oxygens (including phenoxy) is 1. The van der Waals surface area contributed by atoms with Gasteiger partial charge in [0, 0.05) is 19.2 Å². The molecule has 0 unspecified atom stereocenters. The number of benzene rings is 1. The number of rotatable bonds is 4.